The first-order chi connectivity index (χ1) is 11.1. The molecule has 9 heteroatoms. The van der Waals surface area contributed by atoms with E-state index in [0.717, 1.165) is 13.1 Å². The number of ether oxygens (including phenoxy) is 1. The maximum atomic E-state index is 12.8. The molecule has 0 aromatic heterocycles. The monoisotopic (exact) mass is 446 g/mol. The number of halogens is 5. The van der Waals surface area contributed by atoms with Crippen LogP contribution < -0.4 is 10.1 Å². The highest BCUT2D eigenvalue weighted by Gasteiger charge is 2.40. The Kier molecular flexibility index (Phi) is 8.01. The van der Waals surface area contributed by atoms with Gasteiger partial charge in [0.1, 0.15) is 5.75 Å². The lowest BCUT2D eigenvalue weighted by Crippen LogP contribution is -2.49. The average molecular weight is 448 g/mol. The summed E-state index contributed by atoms with van der Waals surface area (Å²) in [6, 6.07) is 4.07. The molecule has 1 fully saturated rings. The van der Waals surface area contributed by atoms with Crippen LogP contribution in [0.4, 0.5) is 13.2 Å². The topological polar surface area (TPSA) is 44.7 Å². The van der Waals surface area contributed by atoms with Gasteiger partial charge in [0.25, 0.3) is 0 Å². The molecule has 2 rings (SSSR count). The van der Waals surface area contributed by atoms with Crippen molar-refractivity contribution in [2.45, 2.75) is 26.3 Å². The third-order valence-corrected chi connectivity index (χ3v) is 4.65. The van der Waals surface area contributed by atoms with E-state index < -0.39 is 17.8 Å². The SMILES string of the molecule is CC(C)(CO)[C@@H](c1cc(Br)ccc1OC(F)(F)F)N1CCNCC1.Cl. The molecule has 1 heterocycles. The molecule has 1 aromatic carbocycles. The smallest absolute Gasteiger partial charge is 0.405 e. The number of nitrogens with zero attached hydrogens (tertiary/aromatic N) is 1. The number of hydrogen-bond acceptors (Lipinski definition) is 4. The molecule has 1 aliphatic rings. The van der Waals surface area contributed by atoms with Crippen LogP contribution in [0.1, 0.15) is 25.5 Å². The largest absolute Gasteiger partial charge is 0.573 e. The van der Waals surface area contributed by atoms with Crippen molar-refractivity contribution in [2.24, 2.45) is 5.41 Å². The van der Waals surface area contributed by atoms with Crippen LogP contribution in [-0.2, 0) is 0 Å². The molecule has 0 bridgehead atoms. The predicted molar refractivity (Wildman–Crippen MR) is 96.1 cm³/mol. The van der Waals surface area contributed by atoms with Crippen LogP contribution in [0.25, 0.3) is 0 Å². The van der Waals surface area contributed by atoms with E-state index in [1.54, 1.807) is 6.07 Å². The molecule has 4 nitrogen and oxygen atoms in total. The maximum Gasteiger partial charge on any atom is 0.573 e. The minimum Gasteiger partial charge on any atom is -0.405 e. The Hall–Kier alpha value is -0.540. The average Bonchev–Trinajstić information content (AvgIpc) is 2.50. The van der Waals surface area contributed by atoms with Gasteiger partial charge in [0.2, 0.25) is 0 Å². The lowest BCUT2D eigenvalue weighted by molar-refractivity contribution is -0.275. The molecule has 0 radical (unpaired) electrons. The molecule has 1 aliphatic heterocycles. The number of aliphatic hydroxyl groups is 1. The van der Waals surface area contributed by atoms with Gasteiger partial charge in [-0.25, -0.2) is 0 Å². The summed E-state index contributed by atoms with van der Waals surface area (Å²) in [6.07, 6.45) is -4.76. The van der Waals surface area contributed by atoms with Gasteiger partial charge in [-0.2, -0.15) is 0 Å². The van der Waals surface area contributed by atoms with Crippen LogP contribution in [0.5, 0.6) is 5.75 Å². The van der Waals surface area contributed by atoms with Crippen molar-refractivity contribution in [3.63, 3.8) is 0 Å². The summed E-state index contributed by atoms with van der Waals surface area (Å²) in [4.78, 5) is 2.09. The van der Waals surface area contributed by atoms with Crippen LogP contribution in [0, 0.1) is 5.41 Å². The molecule has 1 aromatic rings. The fraction of sp³-hybridized carbons (Fsp3) is 0.625. The number of piperazine rings is 1. The molecule has 0 amide bonds. The van der Waals surface area contributed by atoms with Crippen molar-refractivity contribution < 1.29 is 23.0 Å². The summed E-state index contributed by atoms with van der Waals surface area (Å²) < 4.78 is 43.3. The molecule has 1 saturated heterocycles. The Morgan fingerprint density at radius 3 is 2.40 bits per heavy atom. The highest BCUT2D eigenvalue weighted by atomic mass is 79.9. The minimum atomic E-state index is -4.76. The van der Waals surface area contributed by atoms with Gasteiger partial charge in [0.15, 0.2) is 0 Å². The van der Waals surface area contributed by atoms with Crippen molar-refractivity contribution in [2.75, 3.05) is 32.8 Å². The Balaban J connectivity index is 0.00000312. The molecule has 0 unspecified atom stereocenters. The van der Waals surface area contributed by atoms with Gasteiger partial charge in [0, 0.05) is 54.3 Å². The van der Waals surface area contributed by atoms with Gasteiger partial charge in [-0.05, 0) is 18.2 Å². The standard InChI is InChI=1S/C16H22BrF3N2O2.ClH/c1-15(2,10-23)14(22-7-5-21-6-8-22)12-9-11(17)3-4-13(12)24-16(18,19)20;/h3-4,9,14,21,23H,5-8,10H2,1-2H3;1H/t14-;/m1./s1. The van der Waals surface area contributed by atoms with Crippen molar-refractivity contribution in [3.05, 3.63) is 28.2 Å². The van der Waals surface area contributed by atoms with Gasteiger partial charge < -0.3 is 15.2 Å². The quantitative estimate of drug-likeness (QED) is 0.722. The van der Waals surface area contributed by atoms with Crippen LogP contribution in [0.2, 0.25) is 0 Å². The van der Waals surface area contributed by atoms with Crippen molar-refractivity contribution in [1.29, 1.82) is 0 Å². The molecule has 0 aliphatic carbocycles. The number of nitrogens with one attached hydrogen (secondary N) is 1. The van der Waals surface area contributed by atoms with E-state index in [1.807, 2.05) is 13.8 Å². The summed E-state index contributed by atoms with van der Waals surface area (Å²) in [7, 11) is 0. The molecular weight excluding hydrogens is 425 g/mol. The van der Waals surface area contributed by atoms with E-state index in [4.69, 9.17) is 0 Å². The normalized spacial score (nSPS) is 17.7. The fourth-order valence-electron chi connectivity index (χ4n) is 3.09. The third kappa shape index (κ3) is 5.99. The Bertz CT molecular complexity index is 567. The lowest BCUT2D eigenvalue weighted by Gasteiger charge is -2.44. The molecule has 0 saturated carbocycles. The van der Waals surface area contributed by atoms with Gasteiger partial charge in [-0.3, -0.25) is 4.90 Å². The van der Waals surface area contributed by atoms with E-state index >= 15 is 0 Å². The van der Waals surface area contributed by atoms with Gasteiger partial charge in [-0.1, -0.05) is 29.8 Å². The van der Waals surface area contributed by atoms with Crippen LogP contribution in [-0.4, -0.2) is 49.2 Å². The first-order valence-corrected chi connectivity index (χ1v) is 8.54. The van der Waals surface area contributed by atoms with Gasteiger partial charge in [0.05, 0.1) is 0 Å². The second-order valence-corrected chi connectivity index (χ2v) is 7.48. The number of hydrogen-bond donors (Lipinski definition) is 2. The zero-order valence-corrected chi connectivity index (χ0v) is 16.5. The van der Waals surface area contributed by atoms with Crippen molar-refractivity contribution in [1.82, 2.24) is 10.2 Å². The fourth-order valence-corrected chi connectivity index (χ4v) is 3.47. The van der Waals surface area contributed by atoms with E-state index in [9.17, 15) is 18.3 Å². The van der Waals surface area contributed by atoms with Gasteiger partial charge in [-0.15, -0.1) is 25.6 Å². The van der Waals surface area contributed by atoms with E-state index in [1.165, 1.54) is 12.1 Å². The number of benzene rings is 1. The highest BCUT2D eigenvalue weighted by molar-refractivity contribution is 9.10. The van der Waals surface area contributed by atoms with Crippen LogP contribution in [0.3, 0.4) is 0 Å². The number of rotatable bonds is 5. The number of aliphatic hydroxyl groups excluding tert-OH is 1. The van der Waals surface area contributed by atoms with Crippen LogP contribution >= 0.6 is 28.3 Å². The van der Waals surface area contributed by atoms with Crippen molar-refractivity contribution >= 4 is 28.3 Å². The molecule has 2 N–H and O–H groups in total. The first kappa shape index (κ1) is 22.5. The summed E-state index contributed by atoms with van der Waals surface area (Å²) in [5.41, 5.74) is -0.218. The molecule has 144 valence electrons. The van der Waals surface area contributed by atoms with E-state index in [0.29, 0.717) is 23.1 Å². The van der Waals surface area contributed by atoms with Gasteiger partial charge >= 0.3 is 6.36 Å². The zero-order valence-electron chi connectivity index (χ0n) is 14.1. The Morgan fingerprint density at radius 2 is 1.88 bits per heavy atom. The molecule has 25 heavy (non-hydrogen) atoms. The zero-order chi connectivity index (χ0) is 18.0. The van der Waals surface area contributed by atoms with E-state index in [2.05, 4.69) is 30.9 Å². The number of alkyl halides is 3. The second kappa shape index (κ2) is 8.90. The molecule has 0 spiro atoms. The lowest BCUT2D eigenvalue weighted by atomic mass is 9.79. The minimum absolute atomic E-state index is 0. The predicted octanol–water partition coefficient (Wildman–Crippen LogP) is 3.73. The van der Waals surface area contributed by atoms with Crippen LogP contribution in [0.15, 0.2) is 22.7 Å². The molecular formula is C16H23BrClF3N2O2. The summed E-state index contributed by atoms with van der Waals surface area (Å²) in [6.45, 7) is 6.41. The maximum absolute atomic E-state index is 12.8. The second-order valence-electron chi connectivity index (χ2n) is 6.57. The first-order valence-electron chi connectivity index (χ1n) is 7.75. The van der Waals surface area contributed by atoms with Crippen molar-refractivity contribution in [3.8, 4) is 5.75 Å². The Morgan fingerprint density at radius 1 is 1.28 bits per heavy atom. The van der Waals surface area contributed by atoms with E-state index in [-0.39, 0.29) is 24.8 Å². The summed E-state index contributed by atoms with van der Waals surface area (Å²) in [5, 5.41) is 13.1. The third-order valence-electron chi connectivity index (χ3n) is 4.16. The summed E-state index contributed by atoms with van der Waals surface area (Å²) in [5.74, 6) is -0.226. The highest BCUT2D eigenvalue weighted by Crippen LogP contribution is 2.44. The summed E-state index contributed by atoms with van der Waals surface area (Å²) >= 11 is 3.33. The molecule has 1 atom stereocenters. The Labute approximate surface area is 160 Å².